The molecule has 1 aliphatic carbocycles. The van der Waals surface area contributed by atoms with Crippen LogP contribution in [0.4, 0.5) is 5.82 Å². The molecular formula is C17H29N3O. The average molecular weight is 291 g/mol. The summed E-state index contributed by atoms with van der Waals surface area (Å²) in [5.74, 6) is 0.967. The van der Waals surface area contributed by atoms with Crippen LogP contribution in [0, 0.1) is 0 Å². The van der Waals surface area contributed by atoms with Gasteiger partial charge in [0.2, 0.25) is 0 Å². The van der Waals surface area contributed by atoms with Gasteiger partial charge >= 0.3 is 0 Å². The Balaban J connectivity index is 2.07. The SMILES string of the molecule is CN(CC1(O)CCCC1)c1ncccc1CNC(C)(C)C. The fraction of sp³-hybridized carbons (Fsp3) is 0.706. The van der Waals surface area contributed by atoms with Crippen LogP contribution >= 0.6 is 0 Å². The van der Waals surface area contributed by atoms with E-state index in [-0.39, 0.29) is 5.54 Å². The zero-order valence-electron chi connectivity index (χ0n) is 13.8. The molecule has 0 aromatic carbocycles. The van der Waals surface area contributed by atoms with Gasteiger partial charge in [0, 0.05) is 37.4 Å². The van der Waals surface area contributed by atoms with Gasteiger partial charge in [0.1, 0.15) is 5.82 Å². The standard InChI is InChI=1S/C17H29N3O/c1-16(2,3)19-12-14-8-7-11-18-15(14)20(4)13-17(21)9-5-6-10-17/h7-8,11,19,21H,5-6,9-10,12-13H2,1-4H3. The van der Waals surface area contributed by atoms with E-state index in [2.05, 4.69) is 42.0 Å². The van der Waals surface area contributed by atoms with E-state index in [0.29, 0.717) is 6.54 Å². The first-order chi connectivity index (χ1) is 9.79. The number of likely N-dealkylation sites (N-methyl/N-ethyl adjacent to an activating group) is 1. The van der Waals surface area contributed by atoms with Gasteiger partial charge in [0.05, 0.1) is 5.60 Å². The Bertz CT molecular complexity index is 461. The predicted octanol–water partition coefficient (Wildman–Crippen LogP) is 2.71. The third kappa shape index (κ3) is 4.68. The second-order valence-corrected chi connectivity index (χ2v) is 7.38. The molecule has 0 saturated heterocycles. The molecule has 1 aliphatic rings. The maximum absolute atomic E-state index is 10.6. The molecule has 21 heavy (non-hydrogen) atoms. The quantitative estimate of drug-likeness (QED) is 0.876. The van der Waals surface area contributed by atoms with Gasteiger partial charge in [-0.2, -0.15) is 0 Å². The van der Waals surface area contributed by atoms with Crippen molar-refractivity contribution in [2.75, 3.05) is 18.5 Å². The molecule has 2 N–H and O–H groups in total. The summed E-state index contributed by atoms with van der Waals surface area (Å²) in [5, 5.41) is 14.1. The number of hydrogen-bond acceptors (Lipinski definition) is 4. The highest BCUT2D eigenvalue weighted by Gasteiger charge is 2.32. The first kappa shape index (κ1) is 16.2. The van der Waals surface area contributed by atoms with Crippen molar-refractivity contribution in [3.8, 4) is 0 Å². The topological polar surface area (TPSA) is 48.4 Å². The second kappa shape index (κ2) is 6.32. The van der Waals surface area contributed by atoms with Crippen molar-refractivity contribution in [3.63, 3.8) is 0 Å². The molecule has 0 unspecified atom stereocenters. The number of hydrogen-bond donors (Lipinski definition) is 2. The Hall–Kier alpha value is -1.13. The van der Waals surface area contributed by atoms with Crippen LogP contribution in [0.1, 0.15) is 52.0 Å². The highest BCUT2D eigenvalue weighted by Crippen LogP contribution is 2.31. The Labute approximate surface area is 128 Å². The van der Waals surface area contributed by atoms with E-state index in [1.165, 1.54) is 5.56 Å². The van der Waals surface area contributed by atoms with Gasteiger partial charge in [-0.1, -0.05) is 18.9 Å². The number of nitrogens with zero attached hydrogens (tertiary/aromatic N) is 2. The minimum Gasteiger partial charge on any atom is -0.388 e. The van der Waals surface area contributed by atoms with Gasteiger partial charge in [-0.3, -0.25) is 0 Å². The molecule has 1 aromatic rings. The number of nitrogens with one attached hydrogen (secondary N) is 1. The fourth-order valence-corrected chi connectivity index (χ4v) is 2.98. The van der Waals surface area contributed by atoms with Gasteiger partial charge in [-0.15, -0.1) is 0 Å². The summed E-state index contributed by atoms with van der Waals surface area (Å²) < 4.78 is 0. The summed E-state index contributed by atoms with van der Waals surface area (Å²) in [6, 6.07) is 4.08. The van der Waals surface area contributed by atoms with Crippen molar-refractivity contribution in [1.29, 1.82) is 0 Å². The van der Waals surface area contributed by atoms with Crippen LogP contribution in [-0.4, -0.2) is 34.8 Å². The van der Waals surface area contributed by atoms with E-state index in [4.69, 9.17) is 0 Å². The summed E-state index contributed by atoms with van der Waals surface area (Å²) in [5.41, 5.74) is 0.715. The molecule has 4 nitrogen and oxygen atoms in total. The van der Waals surface area contributed by atoms with Gasteiger partial charge in [0.15, 0.2) is 0 Å². The van der Waals surface area contributed by atoms with E-state index in [1.54, 1.807) is 0 Å². The van der Waals surface area contributed by atoms with E-state index < -0.39 is 5.60 Å². The number of anilines is 1. The molecule has 1 heterocycles. The monoisotopic (exact) mass is 291 g/mol. The van der Waals surface area contributed by atoms with Crippen LogP contribution in [0.2, 0.25) is 0 Å². The predicted molar refractivity (Wildman–Crippen MR) is 87.5 cm³/mol. The molecule has 1 saturated carbocycles. The summed E-state index contributed by atoms with van der Waals surface area (Å²) in [4.78, 5) is 6.63. The smallest absolute Gasteiger partial charge is 0.132 e. The van der Waals surface area contributed by atoms with Crippen LogP contribution in [-0.2, 0) is 6.54 Å². The lowest BCUT2D eigenvalue weighted by Gasteiger charge is -2.31. The maximum Gasteiger partial charge on any atom is 0.132 e. The molecule has 0 bridgehead atoms. The number of aliphatic hydroxyl groups is 1. The van der Waals surface area contributed by atoms with E-state index in [9.17, 15) is 5.11 Å². The molecule has 4 heteroatoms. The summed E-state index contributed by atoms with van der Waals surface area (Å²) in [6.07, 6.45) is 5.89. The second-order valence-electron chi connectivity index (χ2n) is 7.38. The van der Waals surface area contributed by atoms with E-state index >= 15 is 0 Å². The third-order valence-electron chi connectivity index (χ3n) is 4.10. The minimum absolute atomic E-state index is 0.0787. The maximum atomic E-state index is 10.6. The third-order valence-corrected chi connectivity index (χ3v) is 4.10. The molecule has 0 atom stereocenters. The Morgan fingerprint density at radius 2 is 2.00 bits per heavy atom. The first-order valence-corrected chi connectivity index (χ1v) is 7.92. The summed E-state index contributed by atoms with van der Waals surface area (Å²) in [7, 11) is 2.03. The van der Waals surface area contributed by atoms with Crippen LogP contribution in [0.3, 0.4) is 0 Å². The lowest BCUT2D eigenvalue weighted by Crippen LogP contribution is -2.40. The largest absolute Gasteiger partial charge is 0.388 e. The van der Waals surface area contributed by atoms with Crippen LogP contribution in [0.25, 0.3) is 0 Å². The summed E-state index contributed by atoms with van der Waals surface area (Å²) in [6.45, 7) is 7.93. The Morgan fingerprint density at radius 3 is 2.62 bits per heavy atom. The van der Waals surface area contributed by atoms with E-state index in [1.807, 2.05) is 19.3 Å². The molecule has 0 aliphatic heterocycles. The molecule has 1 aromatic heterocycles. The average Bonchev–Trinajstić information content (AvgIpc) is 2.82. The molecule has 0 radical (unpaired) electrons. The van der Waals surface area contributed by atoms with Gasteiger partial charge in [0.25, 0.3) is 0 Å². The van der Waals surface area contributed by atoms with Gasteiger partial charge in [-0.05, 0) is 39.7 Å². The molecule has 2 rings (SSSR count). The molecular weight excluding hydrogens is 262 g/mol. The molecule has 118 valence electrons. The minimum atomic E-state index is -0.541. The van der Waals surface area contributed by atoms with Crippen molar-refractivity contribution in [1.82, 2.24) is 10.3 Å². The van der Waals surface area contributed by atoms with Gasteiger partial charge < -0.3 is 15.3 Å². The Morgan fingerprint density at radius 1 is 1.33 bits per heavy atom. The van der Waals surface area contributed by atoms with Crippen molar-refractivity contribution in [2.45, 2.75) is 64.1 Å². The normalized spacial score (nSPS) is 18.0. The first-order valence-electron chi connectivity index (χ1n) is 7.92. The molecule has 1 fully saturated rings. The highest BCUT2D eigenvalue weighted by molar-refractivity contribution is 5.46. The van der Waals surface area contributed by atoms with Crippen LogP contribution < -0.4 is 10.2 Å². The Kier molecular flexibility index (Phi) is 4.89. The molecule has 0 spiro atoms. The number of rotatable bonds is 5. The van der Waals surface area contributed by atoms with Gasteiger partial charge in [-0.25, -0.2) is 4.98 Å². The van der Waals surface area contributed by atoms with Crippen molar-refractivity contribution in [3.05, 3.63) is 23.9 Å². The zero-order chi connectivity index (χ0) is 15.5. The highest BCUT2D eigenvalue weighted by atomic mass is 16.3. The molecule has 0 amide bonds. The van der Waals surface area contributed by atoms with Crippen molar-refractivity contribution < 1.29 is 5.11 Å². The zero-order valence-corrected chi connectivity index (χ0v) is 13.8. The lowest BCUT2D eigenvalue weighted by molar-refractivity contribution is 0.0557. The fourth-order valence-electron chi connectivity index (χ4n) is 2.98. The number of aromatic nitrogens is 1. The number of pyridine rings is 1. The van der Waals surface area contributed by atoms with Crippen LogP contribution in [0.5, 0.6) is 0 Å². The van der Waals surface area contributed by atoms with E-state index in [0.717, 1.165) is 38.0 Å². The lowest BCUT2D eigenvalue weighted by atomic mass is 10.0. The van der Waals surface area contributed by atoms with Crippen molar-refractivity contribution >= 4 is 5.82 Å². The van der Waals surface area contributed by atoms with Crippen molar-refractivity contribution in [2.24, 2.45) is 0 Å². The van der Waals surface area contributed by atoms with Crippen LogP contribution in [0.15, 0.2) is 18.3 Å². The summed E-state index contributed by atoms with van der Waals surface area (Å²) >= 11 is 0.